The molecule has 0 heterocycles. The second-order valence-electron chi connectivity index (χ2n) is 3.28. The van der Waals surface area contributed by atoms with Crippen molar-refractivity contribution in [1.29, 1.82) is 0 Å². The monoisotopic (exact) mass is 259 g/mol. The Morgan fingerprint density at radius 2 is 1.94 bits per heavy atom. The third-order valence-corrected chi connectivity index (χ3v) is 3.04. The molecule has 0 unspecified atom stereocenters. The molecule has 0 aliphatic rings. The maximum atomic E-state index is 11.1. The van der Waals surface area contributed by atoms with E-state index in [4.69, 9.17) is 10.9 Å². The molecular weight excluding hydrogens is 250 g/mol. The van der Waals surface area contributed by atoms with E-state index < -0.39 is 31.4 Å². The number of carbonyl (C=O) groups excluding carboxylic acids is 1. The highest BCUT2D eigenvalue weighted by Gasteiger charge is 2.22. The molecule has 4 N–H and O–H groups in total. The van der Waals surface area contributed by atoms with E-state index in [9.17, 15) is 23.3 Å². The Bertz CT molecular complexity index is 573. The molecule has 0 bridgehead atoms. The van der Waals surface area contributed by atoms with Crippen LogP contribution in [0.5, 0.6) is 0 Å². The van der Waals surface area contributed by atoms with Crippen LogP contribution in [-0.2, 0) is 10.0 Å². The molecule has 1 amide bonds. The van der Waals surface area contributed by atoms with Crippen LogP contribution < -0.4 is 10.9 Å². The number of nitro groups is 1. The molecule has 92 valence electrons. The Balaban J connectivity index is 3.71. The maximum Gasteiger partial charge on any atom is 0.274 e. The van der Waals surface area contributed by atoms with E-state index in [1.807, 2.05) is 0 Å². The Kier molecular flexibility index (Phi) is 3.16. The van der Waals surface area contributed by atoms with Gasteiger partial charge in [0, 0.05) is 11.6 Å². The number of carbonyl (C=O) groups is 1. The smallest absolute Gasteiger partial charge is 0.274 e. The largest absolute Gasteiger partial charge is 0.366 e. The molecule has 0 atom stereocenters. The number of nitrogens with two attached hydrogens (primary N) is 2. The van der Waals surface area contributed by atoms with Crippen molar-refractivity contribution in [3.63, 3.8) is 0 Å². The van der Waals surface area contributed by atoms with E-state index in [1.54, 1.807) is 0 Å². The lowest BCUT2D eigenvalue weighted by Crippen LogP contribution is -2.18. The van der Waals surface area contributed by atoms with Gasteiger partial charge in [-0.1, -0.05) is 0 Å². The molecule has 0 saturated carbocycles. The number of nitro benzene ring substituents is 1. The van der Waals surface area contributed by atoms with Crippen LogP contribution in [-0.4, -0.2) is 19.2 Å². The SMILES string of the molecule is Cc1c(C(N)=O)cc(S(N)(=O)=O)cc1[N+](=O)[O-]. The summed E-state index contributed by atoms with van der Waals surface area (Å²) in [5.41, 5.74) is 4.22. The lowest BCUT2D eigenvalue weighted by Gasteiger charge is -2.05. The molecule has 0 spiro atoms. The fourth-order valence-corrected chi connectivity index (χ4v) is 1.84. The summed E-state index contributed by atoms with van der Waals surface area (Å²) in [6.45, 7) is 1.30. The van der Waals surface area contributed by atoms with Gasteiger partial charge < -0.3 is 5.73 Å². The van der Waals surface area contributed by atoms with Gasteiger partial charge in [0.2, 0.25) is 15.9 Å². The minimum Gasteiger partial charge on any atom is -0.366 e. The highest BCUT2D eigenvalue weighted by atomic mass is 32.2. The Labute approximate surface area is 96.4 Å². The lowest BCUT2D eigenvalue weighted by atomic mass is 10.1. The van der Waals surface area contributed by atoms with Gasteiger partial charge in [0.15, 0.2) is 0 Å². The maximum absolute atomic E-state index is 11.1. The quantitative estimate of drug-likeness (QED) is 0.562. The number of nitrogens with zero attached hydrogens (tertiary/aromatic N) is 1. The molecule has 0 aliphatic carbocycles. The molecule has 1 rings (SSSR count). The number of primary amides is 1. The molecule has 0 radical (unpaired) electrons. The van der Waals surface area contributed by atoms with Crippen LogP contribution in [0.1, 0.15) is 15.9 Å². The molecule has 1 aromatic carbocycles. The summed E-state index contributed by atoms with van der Waals surface area (Å²) < 4.78 is 22.2. The van der Waals surface area contributed by atoms with E-state index in [2.05, 4.69) is 0 Å². The number of hydrogen-bond acceptors (Lipinski definition) is 5. The van der Waals surface area contributed by atoms with E-state index in [-0.39, 0.29) is 11.1 Å². The van der Waals surface area contributed by atoms with Crippen LogP contribution >= 0.6 is 0 Å². The molecule has 8 nitrogen and oxygen atoms in total. The average molecular weight is 259 g/mol. The highest BCUT2D eigenvalue weighted by molar-refractivity contribution is 7.89. The zero-order chi connectivity index (χ0) is 13.4. The number of benzene rings is 1. The number of sulfonamides is 1. The van der Waals surface area contributed by atoms with Gasteiger partial charge in [-0.2, -0.15) is 0 Å². The number of hydrogen-bond donors (Lipinski definition) is 2. The second-order valence-corrected chi connectivity index (χ2v) is 4.84. The van der Waals surface area contributed by atoms with Crippen molar-refractivity contribution < 1.29 is 18.1 Å². The first-order valence-electron chi connectivity index (χ1n) is 4.26. The van der Waals surface area contributed by atoms with Crippen LogP contribution in [0, 0.1) is 17.0 Å². The second kappa shape index (κ2) is 4.11. The average Bonchev–Trinajstić information content (AvgIpc) is 2.14. The number of rotatable bonds is 3. The van der Waals surface area contributed by atoms with Crippen molar-refractivity contribution in [1.82, 2.24) is 0 Å². The first-order valence-corrected chi connectivity index (χ1v) is 5.81. The van der Waals surface area contributed by atoms with Gasteiger partial charge in [0.25, 0.3) is 5.69 Å². The zero-order valence-corrected chi connectivity index (χ0v) is 9.52. The van der Waals surface area contributed by atoms with Crippen molar-refractivity contribution in [3.8, 4) is 0 Å². The first kappa shape index (κ1) is 13.1. The van der Waals surface area contributed by atoms with Gasteiger partial charge >= 0.3 is 0 Å². The van der Waals surface area contributed by atoms with Crippen LogP contribution in [0.25, 0.3) is 0 Å². The van der Waals surface area contributed by atoms with Gasteiger partial charge in [-0.15, -0.1) is 0 Å². The molecule has 0 aliphatic heterocycles. The fraction of sp³-hybridized carbons (Fsp3) is 0.125. The van der Waals surface area contributed by atoms with Gasteiger partial charge in [-0.25, -0.2) is 13.6 Å². The Hall–Kier alpha value is -2.00. The summed E-state index contributed by atoms with van der Waals surface area (Å²) in [6, 6.07) is 1.71. The third kappa shape index (κ3) is 2.57. The molecule has 0 aromatic heterocycles. The van der Waals surface area contributed by atoms with Crippen molar-refractivity contribution in [3.05, 3.63) is 33.4 Å². The Morgan fingerprint density at radius 3 is 2.29 bits per heavy atom. The molecular formula is C8H9N3O5S. The number of primary sulfonamides is 1. The summed E-state index contributed by atoms with van der Waals surface area (Å²) in [4.78, 5) is 20.4. The minimum atomic E-state index is -4.14. The van der Waals surface area contributed by atoms with Gasteiger partial charge in [-0.3, -0.25) is 14.9 Å². The highest BCUT2D eigenvalue weighted by Crippen LogP contribution is 2.25. The van der Waals surface area contributed by atoms with Gasteiger partial charge in [0.1, 0.15) is 0 Å². The summed E-state index contributed by atoms with van der Waals surface area (Å²) in [6.07, 6.45) is 0. The van der Waals surface area contributed by atoms with Crippen molar-refractivity contribution in [2.45, 2.75) is 11.8 Å². The van der Waals surface area contributed by atoms with E-state index >= 15 is 0 Å². The van der Waals surface area contributed by atoms with Crippen molar-refractivity contribution in [2.24, 2.45) is 10.9 Å². The van der Waals surface area contributed by atoms with Crippen LogP contribution in [0.2, 0.25) is 0 Å². The van der Waals surface area contributed by atoms with Gasteiger partial charge in [-0.05, 0) is 13.0 Å². The third-order valence-electron chi connectivity index (χ3n) is 2.14. The normalized spacial score (nSPS) is 11.2. The lowest BCUT2D eigenvalue weighted by molar-refractivity contribution is -0.385. The van der Waals surface area contributed by atoms with Crippen LogP contribution in [0.15, 0.2) is 17.0 Å². The molecule has 0 fully saturated rings. The fourth-order valence-electron chi connectivity index (χ4n) is 1.28. The topological polar surface area (TPSA) is 146 Å². The van der Waals surface area contributed by atoms with Crippen molar-refractivity contribution in [2.75, 3.05) is 0 Å². The van der Waals surface area contributed by atoms with E-state index in [1.165, 1.54) is 6.92 Å². The minimum absolute atomic E-state index is 0.00472. The van der Waals surface area contributed by atoms with Crippen LogP contribution in [0.4, 0.5) is 5.69 Å². The molecule has 0 saturated heterocycles. The summed E-state index contributed by atoms with van der Waals surface area (Å²) in [7, 11) is -4.14. The van der Waals surface area contributed by atoms with Crippen molar-refractivity contribution >= 4 is 21.6 Å². The Morgan fingerprint density at radius 1 is 1.41 bits per heavy atom. The predicted octanol–water partition coefficient (Wildman–Crippen LogP) is -0.350. The predicted molar refractivity (Wildman–Crippen MR) is 57.7 cm³/mol. The van der Waals surface area contributed by atoms with Gasteiger partial charge in [0.05, 0.1) is 15.4 Å². The number of amides is 1. The molecule has 1 aromatic rings. The van der Waals surface area contributed by atoms with E-state index in [0.717, 1.165) is 12.1 Å². The standard InChI is InChI=1S/C8H9N3O5S/c1-4-6(8(9)12)2-5(17(10,15)16)3-7(4)11(13)14/h2-3H,1H3,(H2,9,12)(H2,10,15,16). The summed E-state index contributed by atoms with van der Waals surface area (Å²) in [5.74, 6) is -0.962. The zero-order valence-electron chi connectivity index (χ0n) is 8.71. The van der Waals surface area contributed by atoms with Crippen LogP contribution in [0.3, 0.4) is 0 Å². The van der Waals surface area contributed by atoms with E-state index in [0.29, 0.717) is 0 Å². The molecule has 9 heteroatoms. The molecule has 17 heavy (non-hydrogen) atoms. The summed E-state index contributed by atoms with van der Waals surface area (Å²) >= 11 is 0. The first-order chi connectivity index (χ1) is 7.64. The summed E-state index contributed by atoms with van der Waals surface area (Å²) in [5, 5.41) is 15.5.